The molecule has 1 aliphatic heterocycles. The van der Waals surface area contributed by atoms with Crippen molar-refractivity contribution in [1.29, 1.82) is 0 Å². The van der Waals surface area contributed by atoms with Crippen molar-refractivity contribution in [1.82, 2.24) is 9.88 Å². The molecule has 0 unspecified atom stereocenters. The number of benzene rings is 3. The summed E-state index contributed by atoms with van der Waals surface area (Å²) in [4.78, 5) is 19.8. The van der Waals surface area contributed by atoms with E-state index in [1.807, 2.05) is 68.4 Å². The minimum Gasteiger partial charge on any atom is -0.497 e. The van der Waals surface area contributed by atoms with Gasteiger partial charge < -0.3 is 24.3 Å². The predicted molar refractivity (Wildman–Crippen MR) is 151 cm³/mol. The number of carbonyl (C=O) groups is 1. The van der Waals surface area contributed by atoms with Crippen LogP contribution in [0.5, 0.6) is 23.0 Å². The zero-order chi connectivity index (χ0) is 27.4. The molecule has 5 rings (SSSR count). The second kappa shape index (κ2) is 11.8. The second-order valence-corrected chi connectivity index (χ2v) is 10.3. The fraction of sp³-hybridized carbons (Fsp3) is 0.267. The van der Waals surface area contributed by atoms with Gasteiger partial charge in [0.25, 0.3) is 5.91 Å². The molecule has 0 radical (unpaired) electrons. The number of amides is 1. The van der Waals surface area contributed by atoms with Gasteiger partial charge in [0, 0.05) is 35.8 Å². The summed E-state index contributed by atoms with van der Waals surface area (Å²) in [6.07, 6.45) is 0. The summed E-state index contributed by atoms with van der Waals surface area (Å²) >= 11 is 1.47. The van der Waals surface area contributed by atoms with Gasteiger partial charge in [-0.25, -0.2) is 4.98 Å². The van der Waals surface area contributed by atoms with E-state index in [9.17, 15) is 4.79 Å². The largest absolute Gasteiger partial charge is 0.497 e. The highest BCUT2D eigenvalue weighted by Crippen LogP contribution is 2.33. The zero-order valence-corrected chi connectivity index (χ0v) is 23.3. The lowest BCUT2D eigenvalue weighted by molar-refractivity contribution is 0.102. The first kappa shape index (κ1) is 26.5. The van der Waals surface area contributed by atoms with Crippen LogP contribution in [0, 0.1) is 13.8 Å². The number of ether oxygens (including phenoxy) is 4. The maximum Gasteiger partial charge on any atom is 0.275 e. The number of anilines is 1. The Bertz CT molecular complexity index is 1490. The quantitative estimate of drug-likeness (QED) is 0.263. The van der Waals surface area contributed by atoms with Crippen LogP contribution in [-0.2, 0) is 19.6 Å². The van der Waals surface area contributed by atoms with E-state index < -0.39 is 0 Å². The molecule has 0 atom stereocenters. The lowest BCUT2D eigenvalue weighted by Crippen LogP contribution is -2.23. The first-order valence-corrected chi connectivity index (χ1v) is 13.4. The van der Waals surface area contributed by atoms with Crippen LogP contribution in [0.1, 0.15) is 37.7 Å². The second-order valence-electron chi connectivity index (χ2n) is 9.39. The van der Waals surface area contributed by atoms with Crippen LogP contribution >= 0.6 is 11.3 Å². The average molecular weight is 546 g/mol. The first-order chi connectivity index (χ1) is 18.9. The van der Waals surface area contributed by atoms with Crippen molar-refractivity contribution in [2.75, 3.05) is 26.3 Å². The minimum atomic E-state index is -0.222. The van der Waals surface area contributed by atoms with Gasteiger partial charge in [-0.3, -0.25) is 9.69 Å². The molecule has 1 N–H and O–H groups in total. The van der Waals surface area contributed by atoms with Gasteiger partial charge in [0.05, 0.1) is 20.8 Å². The third-order valence-electron chi connectivity index (χ3n) is 6.64. The molecule has 0 saturated heterocycles. The summed E-state index contributed by atoms with van der Waals surface area (Å²) in [5.41, 5.74) is 5.56. The number of hydrogen-bond acceptors (Lipinski definition) is 8. The molecule has 1 amide bonds. The zero-order valence-electron chi connectivity index (χ0n) is 22.4. The monoisotopic (exact) mass is 545 g/mol. The molecule has 0 aliphatic carbocycles. The third kappa shape index (κ3) is 6.32. The van der Waals surface area contributed by atoms with Crippen molar-refractivity contribution in [3.05, 3.63) is 92.9 Å². The van der Waals surface area contributed by atoms with Gasteiger partial charge in [-0.15, -0.1) is 11.3 Å². The highest BCUT2D eigenvalue weighted by atomic mass is 32.1. The molecule has 4 aromatic rings. The molecular weight excluding hydrogens is 514 g/mol. The summed E-state index contributed by atoms with van der Waals surface area (Å²) < 4.78 is 22.1. The van der Waals surface area contributed by atoms with Crippen LogP contribution in [0.25, 0.3) is 0 Å². The van der Waals surface area contributed by atoms with Crippen molar-refractivity contribution in [2.24, 2.45) is 0 Å². The van der Waals surface area contributed by atoms with Crippen molar-refractivity contribution in [3.63, 3.8) is 0 Å². The lowest BCUT2D eigenvalue weighted by atomic mass is 10.1. The van der Waals surface area contributed by atoms with Crippen LogP contribution < -0.4 is 24.3 Å². The Morgan fingerprint density at radius 3 is 2.59 bits per heavy atom. The fourth-order valence-corrected chi connectivity index (χ4v) is 5.20. The van der Waals surface area contributed by atoms with Gasteiger partial charge in [0.2, 0.25) is 6.79 Å². The molecule has 39 heavy (non-hydrogen) atoms. The van der Waals surface area contributed by atoms with E-state index in [4.69, 9.17) is 18.9 Å². The van der Waals surface area contributed by atoms with Crippen molar-refractivity contribution in [3.8, 4) is 23.0 Å². The van der Waals surface area contributed by atoms with E-state index in [-0.39, 0.29) is 12.7 Å². The van der Waals surface area contributed by atoms with E-state index in [2.05, 4.69) is 15.2 Å². The summed E-state index contributed by atoms with van der Waals surface area (Å²) in [5, 5.41) is 5.60. The molecule has 9 heteroatoms. The van der Waals surface area contributed by atoms with Gasteiger partial charge in [0.15, 0.2) is 11.5 Å². The van der Waals surface area contributed by atoms with E-state index in [0.717, 1.165) is 50.4 Å². The standard InChI is InChI=1S/C30H31N3O5S/c1-19-5-8-23(11-20(19)2)31-30(34)25-17-39-29(32-25)16-33(14-21-6-10-26-28(12-21)38-18-37-26)15-22-7-9-24(35-3)13-27(22)36-4/h5-13,17H,14-16,18H2,1-4H3,(H,31,34). The number of fused-ring (bicyclic) bond motifs is 1. The first-order valence-electron chi connectivity index (χ1n) is 12.6. The molecule has 0 saturated carbocycles. The number of nitrogens with zero attached hydrogens (tertiary/aromatic N) is 2. The Morgan fingerprint density at radius 1 is 0.949 bits per heavy atom. The molecule has 1 aliphatic rings. The molecule has 0 fully saturated rings. The van der Waals surface area contributed by atoms with Crippen molar-refractivity contribution < 1.29 is 23.7 Å². The average Bonchev–Trinajstić information content (AvgIpc) is 3.60. The number of aryl methyl sites for hydroxylation is 2. The fourth-order valence-electron chi connectivity index (χ4n) is 4.38. The van der Waals surface area contributed by atoms with E-state index in [1.165, 1.54) is 16.9 Å². The summed E-state index contributed by atoms with van der Waals surface area (Å²) in [7, 11) is 3.29. The molecule has 8 nitrogen and oxygen atoms in total. The van der Waals surface area contributed by atoms with Crippen molar-refractivity contribution >= 4 is 22.9 Å². The Hall–Kier alpha value is -4.08. The van der Waals surface area contributed by atoms with Crippen LogP contribution in [0.4, 0.5) is 5.69 Å². The normalized spacial score (nSPS) is 12.0. The maximum absolute atomic E-state index is 12.9. The molecule has 0 spiro atoms. The van der Waals surface area contributed by atoms with Crippen LogP contribution in [0.3, 0.4) is 0 Å². The number of hydrogen-bond donors (Lipinski definition) is 1. The lowest BCUT2D eigenvalue weighted by Gasteiger charge is -2.23. The Labute approximate surface area is 232 Å². The molecule has 0 bridgehead atoms. The Morgan fingerprint density at radius 2 is 1.79 bits per heavy atom. The molecule has 3 aromatic carbocycles. The van der Waals surface area contributed by atoms with Gasteiger partial charge in [-0.05, 0) is 60.9 Å². The molecule has 2 heterocycles. The Balaban J connectivity index is 1.35. The number of aromatic nitrogens is 1. The van der Waals surface area contributed by atoms with Gasteiger partial charge in [0.1, 0.15) is 22.2 Å². The summed E-state index contributed by atoms with van der Waals surface area (Å²) in [5.74, 6) is 2.75. The Kier molecular flexibility index (Phi) is 7.99. The van der Waals surface area contributed by atoms with Crippen LogP contribution in [0.15, 0.2) is 60.0 Å². The molecule has 202 valence electrons. The summed E-state index contributed by atoms with van der Waals surface area (Å²) in [6, 6.07) is 17.7. The number of nitrogens with one attached hydrogen (secondary N) is 1. The third-order valence-corrected chi connectivity index (χ3v) is 7.47. The number of methoxy groups -OCH3 is 2. The van der Waals surface area contributed by atoms with Gasteiger partial charge in [-0.2, -0.15) is 0 Å². The molecular formula is C30H31N3O5S. The SMILES string of the molecule is COc1ccc(CN(Cc2ccc3c(c2)OCO3)Cc2nc(C(=O)Nc3ccc(C)c(C)c3)cs2)c(OC)c1. The smallest absolute Gasteiger partial charge is 0.275 e. The topological polar surface area (TPSA) is 82.2 Å². The maximum atomic E-state index is 12.9. The van der Waals surface area contributed by atoms with Gasteiger partial charge >= 0.3 is 0 Å². The number of rotatable bonds is 10. The molecule has 1 aromatic heterocycles. The van der Waals surface area contributed by atoms with Gasteiger partial charge in [-0.1, -0.05) is 18.2 Å². The van der Waals surface area contributed by atoms with Crippen LogP contribution in [0.2, 0.25) is 0 Å². The van der Waals surface area contributed by atoms with Crippen LogP contribution in [-0.4, -0.2) is 36.8 Å². The number of carbonyl (C=O) groups excluding carboxylic acids is 1. The number of thiazole rings is 1. The van der Waals surface area contributed by atoms with E-state index in [0.29, 0.717) is 25.3 Å². The predicted octanol–water partition coefficient (Wildman–Crippen LogP) is 5.96. The van der Waals surface area contributed by atoms with Crippen molar-refractivity contribution in [2.45, 2.75) is 33.5 Å². The van der Waals surface area contributed by atoms with E-state index in [1.54, 1.807) is 19.6 Å². The van der Waals surface area contributed by atoms with E-state index >= 15 is 0 Å². The highest BCUT2D eigenvalue weighted by molar-refractivity contribution is 7.09. The minimum absolute atomic E-state index is 0.222. The highest BCUT2D eigenvalue weighted by Gasteiger charge is 2.19. The summed E-state index contributed by atoms with van der Waals surface area (Å²) in [6.45, 7) is 6.09.